The van der Waals surface area contributed by atoms with Gasteiger partial charge in [0.15, 0.2) is 0 Å². The maximum atomic E-state index is 6.21. The first-order chi connectivity index (χ1) is 6.14. The van der Waals surface area contributed by atoms with E-state index in [1.807, 2.05) is 0 Å². The molecule has 1 fully saturated rings. The lowest BCUT2D eigenvalue weighted by Crippen LogP contribution is -2.65. The van der Waals surface area contributed by atoms with Gasteiger partial charge in [-0.25, -0.2) is 0 Å². The molecule has 3 heteroatoms. The fourth-order valence-electron chi connectivity index (χ4n) is 2.19. The Labute approximate surface area is 80.6 Å². The molecule has 1 heterocycles. The summed E-state index contributed by atoms with van der Waals surface area (Å²) < 4.78 is 11.5. The van der Waals surface area contributed by atoms with E-state index < -0.39 is 5.72 Å². The third-order valence-electron chi connectivity index (χ3n) is 3.26. The van der Waals surface area contributed by atoms with E-state index in [0.29, 0.717) is 13.2 Å². The second-order valence-electron chi connectivity index (χ2n) is 3.64. The molecule has 0 aromatic heterocycles. The zero-order chi connectivity index (χ0) is 9.95. The van der Waals surface area contributed by atoms with E-state index in [-0.39, 0.29) is 5.60 Å². The van der Waals surface area contributed by atoms with Gasteiger partial charge in [-0.1, -0.05) is 20.8 Å². The molecule has 78 valence electrons. The minimum Gasteiger partial charge on any atom is -0.368 e. The number of hydrogen-bond acceptors (Lipinski definition) is 3. The largest absolute Gasteiger partial charge is 0.368 e. The van der Waals surface area contributed by atoms with Crippen molar-refractivity contribution in [2.75, 3.05) is 13.2 Å². The van der Waals surface area contributed by atoms with Crippen LogP contribution in [0.25, 0.3) is 0 Å². The number of hydrogen-bond donors (Lipinski definition) is 1. The smallest absolute Gasteiger partial charge is 0.145 e. The van der Waals surface area contributed by atoms with Crippen LogP contribution in [-0.2, 0) is 9.47 Å². The number of rotatable bonds is 3. The topological polar surface area (TPSA) is 44.5 Å². The Hall–Kier alpha value is -0.120. The lowest BCUT2D eigenvalue weighted by molar-refractivity contribution is -0.262. The van der Waals surface area contributed by atoms with Gasteiger partial charge >= 0.3 is 0 Å². The molecule has 0 saturated carbocycles. The van der Waals surface area contributed by atoms with Gasteiger partial charge in [0.05, 0.1) is 13.2 Å². The van der Waals surface area contributed by atoms with E-state index in [2.05, 4.69) is 20.8 Å². The van der Waals surface area contributed by atoms with Gasteiger partial charge in [0.25, 0.3) is 0 Å². The lowest BCUT2D eigenvalue weighted by atomic mass is 9.82. The Balaban J connectivity index is 2.87. The van der Waals surface area contributed by atoms with Crippen LogP contribution < -0.4 is 5.73 Å². The van der Waals surface area contributed by atoms with E-state index in [4.69, 9.17) is 15.2 Å². The van der Waals surface area contributed by atoms with Gasteiger partial charge in [-0.2, -0.15) is 0 Å². The molecule has 0 aromatic carbocycles. The highest BCUT2D eigenvalue weighted by molar-refractivity contribution is 4.98. The molecule has 0 spiro atoms. The molecule has 0 bridgehead atoms. The summed E-state index contributed by atoms with van der Waals surface area (Å²) in [6, 6.07) is 0. The third kappa shape index (κ3) is 1.60. The highest BCUT2D eigenvalue weighted by Crippen LogP contribution is 2.37. The minimum atomic E-state index is -0.589. The van der Waals surface area contributed by atoms with Crippen LogP contribution in [0.3, 0.4) is 0 Å². The highest BCUT2D eigenvalue weighted by atomic mass is 16.6. The number of ether oxygens (including phenoxy) is 2. The fraction of sp³-hybridized carbons (Fsp3) is 1.00. The van der Waals surface area contributed by atoms with Crippen LogP contribution in [0.2, 0.25) is 0 Å². The van der Waals surface area contributed by atoms with Gasteiger partial charge in [-0.15, -0.1) is 0 Å². The van der Waals surface area contributed by atoms with Crippen molar-refractivity contribution in [3.8, 4) is 0 Å². The Morgan fingerprint density at radius 3 is 1.92 bits per heavy atom. The summed E-state index contributed by atoms with van der Waals surface area (Å²) in [7, 11) is 0. The zero-order valence-electron chi connectivity index (χ0n) is 8.93. The maximum Gasteiger partial charge on any atom is 0.145 e. The SMILES string of the molecule is CCC1(N)OCCOC1(CC)CC. The predicted molar refractivity (Wildman–Crippen MR) is 52.4 cm³/mol. The van der Waals surface area contributed by atoms with E-state index in [9.17, 15) is 0 Å². The first kappa shape index (κ1) is 11.0. The van der Waals surface area contributed by atoms with Gasteiger partial charge in [-0.05, 0) is 19.3 Å². The molecular formula is C10H21NO2. The summed E-state index contributed by atoms with van der Waals surface area (Å²) in [6.45, 7) is 7.55. The normalized spacial score (nSPS) is 33.2. The molecule has 2 N–H and O–H groups in total. The van der Waals surface area contributed by atoms with E-state index in [1.165, 1.54) is 0 Å². The second-order valence-corrected chi connectivity index (χ2v) is 3.64. The zero-order valence-corrected chi connectivity index (χ0v) is 8.93. The van der Waals surface area contributed by atoms with Crippen LogP contribution >= 0.6 is 0 Å². The summed E-state index contributed by atoms with van der Waals surface area (Å²) >= 11 is 0. The van der Waals surface area contributed by atoms with Crippen molar-refractivity contribution < 1.29 is 9.47 Å². The highest BCUT2D eigenvalue weighted by Gasteiger charge is 2.49. The molecule has 1 rings (SSSR count). The van der Waals surface area contributed by atoms with Crippen molar-refractivity contribution in [2.24, 2.45) is 5.73 Å². The quantitative estimate of drug-likeness (QED) is 0.730. The molecule has 1 aliphatic rings. The van der Waals surface area contributed by atoms with Crippen LogP contribution in [0.1, 0.15) is 40.0 Å². The predicted octanol–water partition coefficient (Wildman–Crippen LogP) is 1.66. The average Bonchev–Trinajstić information content (AvgIpc) is 2.19. The van der Waals surface area contributed by atoms with E-state index in [1.54, 1.807) is 0 Å². The van der Waals surface area contributed by atoms with Gasteiger partial charge in [0, 0.05) is 0 Å². The summed E-state index contributed by atoms with van der Waals surface area (Å²) in [5.74, 6) is 0. The summed E-state index contributed by atoms with van der Waals surface area (Å²) in [5.41, 5.74) is 5.35. The standard InChI is InChI=1S/C10H21NO2/c1-4-9(5-2)10(11,6-3)13-8-7-12-9/h4-8,11H2,1-3H3. The Kier molecular flexibility index (Phi) is 3.33. The maximum absolute atomic E-state index is 6.21. The Morgan fingerprint density at radius 2 is 1.54 bits per heavy atom. The summed E-state index contributed by atoms with van der Waals surface area (Å²) in [5, 5.41) is 0. The molecular weight excluding hydrogens is 166 g/mol. The Morgan fingerprint density at radius 1 is 1.00 bits per heavy atom. The van der Waals surface area contributed by atoms with Crippen molar-refractivity contribution in [2.45, 2.75) is 51.4 Å². The van der Waals surface area contributed by atoms with Gasteiger partial charge < -0.3 is 15.2 Å². The molecule has 3 nitrogen and oxygen atoms in total. The van der Waals surface area contributed by atoms with Crippen molar-refractivity contribution in [3.63, 3.8) is 0 Å². The Bertz CT molecular complexity index is 168. The van der Waals surface area contributed by atoms with Crippen molar-refractivity contribution >= 4 is 0 Å². The van der Waals surface area contributed by atoms with Crippen LogP contribution in [0.4, 0.5) is 0 Å². The van der Waals surface area contributed by atoms with Crippen molar-refractivity contribution in [3.05, 3.63) is 0 Å². The minimum absolute atomic E-state index is 0.278. The molecule has 1 atom stereocenters. The second kappa shape index (κ2) is 3.95. The third-order valence-corrected chi connectivity index (χ3v) is 3.26. The monoisotopic (exact) mass is 187 g/mol. The van der Waals surface area contributed by atoms with E-state index >= 15 is 0 Å². The van der Waals surface area contributed by atoms with Crippen LogP contribution in [-0.4, -0.2) is 24.5 Å². The van der Waals surface area contributed by atoms with Crippen LogP contribution in [0, 0.1) is 0 Å². The molecule has 13 heavy (non-hydrogen) atoms. The molecule has 0 aliphatic carbocycles. The summed E-state index contributed by atoms with van der Waals surface area (Å²) in [6.07, 6.45) is 2.62. The molecule has 1 saturated heterocycles. The van der Waals surface area contributed by atoms with Crippen LogP contribution in [0.15, 0.2) is 0 Å². The number of nitrogens with two attached hydrogens (primary N) is 1. The van der Waals surface area contributed by atoms with Gasteiger partial charge in [-0.3, -0.25) is 0 Å². The molecule has 1 unspecified atom stereocenters. The molecule has 0 radical (unpaired) electrons. The fourth-order valence-corrected chi connectivity index (χ4v) is 2.19. The molecule has 0 amide bonds. The average molecular weight is 187 g/mol. The van der Waals surface area contributed by atoms with E-state index in [0.717, 1.165) is 19.3 Å². The first-order valence-electron chi connectivity index (χ1n) is 5.21. The summed E-state index contributed by atoms with van der Waals surface area (Å²) in [4.78, 5) is 0. The van der Waals surface area contributed by atoms with Crippen LogP contribution in [0.5, 0.6) is 0 Å². The first-order valence-corrected chi connectivity index (χ1v) is 5.21. The van der Waals surface area contributed by atoms with Crippen molar-refractivity contribution in [1.82, 2.24) is 0 Å². The van der Waals surface area contributed by atoms with Gasteiger partial charge in [0.2, 0.25) is 0 Å². The molecule has 0 aromatic rings. The molecule has 1 aliphatic heterocycles. The van der Waals surface area contributed by atoms with Gasteiger partial charge in [0.1, 0.15) is 11.3 Å². The lowest BCUT2D eigenvalue weighted by Gasteiger charge is -2.49. The van der Waals surface area contributed by atoms with Crippen molar-refractivity contribution in [1.29, 1.82) is 0 Å².